The summed E-state index contributed by atoms with van der Waals surface area (Å²) in [5.41, 5.74) is 0. The molecule has 1 aromatic rings. The summed E-state index contributed by atoms with van der Waals surface area (Å²) < 4.78 is 36.0. The zero-order valence-electron chi connectivity index (χ0n) is 5.35. The van der Waals surface area contributed by atoms with Gasteiger partial charge < -0.3 is 4.98 Å². The lowest BCUT2D eigenvalue weighted by Gasteiger charge is -2.07. The number of H-pyrrole nitrogens is 1. The van der Waals surface area contributed by atoms with Gasteiger partial charge in [0.15, 0.2) is 11.8 Å². The van der Waals surface area contributed by atoms with Crippen molar-refractivity contribution in [2.24, 2.45) is 0 Å². The van der Waals surface area contributed by atoms with E-state index in [1.165, 1.54) is 12.4 Å². The van der Waals surface area contributed by atoms with Gasteiger partial charge in [-0.05, 0) is 11.8 Å². The van der Waals surface area contributed by atoms with Gasteiger partial charge in [-0.1, -0.05) is 0 Å². The van der Waals surface area contributed by atoms with Crippen LogP contribution in [0, 0.1) is 0 Å². The molecule has 0 saturated heterocycles. The van der Waals surface area contributed by atoms with Crippen LogP contribution in [0.25, 0.3) is 0 Å². The maximum absolute atomic E-state index is 12.2. The van der Waals surface area contributed by atoms with Gasteiger partial charge in [-0.25, -0.2) is 9.37 Å². The summed E-state index contributed by atoms with van der Waals surface area (Å²) in [6, 6.07) is 0. The zero-order chi connectivity index (χ0) is 8.32. The molecule has 2 nitrogen and oxygen atoms in total. The second kappa shape index (κ2) is 3.17. The summed E-state index contributed by atoms with van der Waals surface area (Å²) >= 11 is 0.0775. The van der Waals surface area contributed by atoms with E-state index in [4.69, 9.17) is 0 Å². The van der Waals surface area contributed by atoms with E-state index >= 15 is 0 Å². The molecule has 0 aliphatic rings. The van der Waals surface area contributed by atoms with Crippen LogP contribution in [0.5, 0.6) is 0 Å². The molecule has 0 radical (unpaired) electrons. The van der Waals surface area contributed by atoms with Gasteiger partial charge in [0.1, 0.15) is 0 Å². The fraction of sp³-hybridized carbons (Fsp3) is 0.400. The minimum Gasteiger partial charge on any atom is -0.340 e. The average molecular weight is 182 g/mol. The van der Waals surface area contributed by atoms with Crippen LogP contribution in [0.4, 0.5) is 13.2 Å². The fourth-order valence-corrected chi connectivity index (χ4v) is 1.05. The van der Waals surface area contributed by atoms with Gasteiger partial charge in [0.2, 0.25) is 0 Å². The van der Waals surface area contributed by atoms with Crippen molar-refractivity contribution in [3.8, 4) is 0 Å². The topological polar surface area (TPSA) is 28.7 Å². The Balaban J connectivity index is 2.56. The molecule has 0 amide bonds. The smallest absolute Gasteiger partial charge is 0.328 e. The third kappa shape index (κ3) is 2.45. The molecular weight excluding hydrogens is 177 g/mol. The highest BCUT2D eigenvalue weighted by atomic mass is 32.2. The molecule has 1 aromatic heterocycles. The fourth-order valence-electron chi connectivity index (χ4n) is 0.475. The summed E-state index contributed by atoms with van der Waals surface area (Å²) in [5, 5.41) is -3.36. The maximum Gasteiger partial charge on any atom is 0.328 e. The van der Waals surface area contributed by atoms with E-state index in [1.54, 1.807) is 0 Å². The molecular formula is C5H5F3N2S. The molecule has 0 atom stereocenters. The summed E-state index contributed by atoms with van der Waals surface area (Å²) in [6.07, 6.45) is 2.73. The molecule has 0 unspecified atom stereocenters. The number of aromatic nitrogens is 2. The first kappa shape index (κ1) is 8.45. The Labute approximate surface area is 65.2 Å². The van der Waals surface area contributed by atoms with Crippen molar-refractivity contribution in [3.05, 3.63) is 12.4 Å². The van der Waals surface area contributed by atoms with E-state index in [0.29, 0.717) is 0 Å². The van der Waals surface area contributed by atoms with Crippen molar-refractivity contribution in [1.29, 1.82) is 0 Å². The molecule has 0 fully saturated rings. The molecule has 1 N–H and O–H groups in total. The normalized spacial score (nSPS) is 11.9. The third-order valence-electron chi connectivity index (χ3n) is 0.875. The number of thioether (sulfide) groups is 1. The largest absolute Gasteiger partial charge is 0.340 e. The highest BCUT2D eigenvalue weighted by Gasteiger charge is 2.31. The summed E-state index contributed by atoms with van der Waals surface area (Å²) in [5.74, 6) is 0. The molecule has 11 heavy (non-hydrogen) atoms. The Hall–Kier alpha value is -0.650. The molecule has 0 aliphatic heterocycles. The Bertz CT molecular complexity index is 212. The van der Waals surface area contributed by atoms with E-state index in [1.807, 2.05) is 0 Å². The molecule has 0 bridgehead atoms. The van der Waals surface area contributed by atoms with Crippen LogP contribution in [0.3, 0.4) is 0 Å². The minimum atomic E-state index is -3.38. The Kier molecular flexibility index (Phi) is 2.43. The number of hydrogen-bond donors (Lipinski definition) is 1. The lowest BCUT2D eigenvalue weighted by Crippen LogP contribution is -2.12. The predicted molar refractivity (Wildman–Crippen MR) is 35.4 cm³/mol. The van der Waals surface area contributed by atoms with Crippen LogP contribution in [-0.2, 0) is 0 Å². The van der Waals surface area contributed by atoms with Crippen molar-refractivity contribution in [2.75, 3.05) is 6.67 Å². The van der Waals surface area contributed by atoms with Crippen molar-refractivity contribution >= 4 is 11.8 Å². The van der Waals surface area contributed by atoms with Gasteiger partial charge in [0, 0.05) is 12.4 Å². The zero-order valence-corrected chi connectivity index (χ0v) is 6.17. The molecule has 62 valence electrons. The van der Waals surface area contributed by atoms with Gasteiger partial charge in [-0.2, -0.15) is 8.78 Å². The Morgan fingerprint density at radius 3 is 2.82 bits per heavy atom. The van der Waals surface area contributed by atoms with E-state index in [9.17, 15) is 13.2 Å². The molecule has 1 rings (SSSR count). The van der Waals surface area contributed by atoms with Crippen molar-refractivity contribution in [3.63, 3.8) is 0 Å². The van der Waals surface area contributed by atoms with Crippen LogP contribution in [0.2, 0.25) is 0 Å². The standard InChI is InChI=1S/C5H5F3N2S/c6-3-5(7,8)11-4-9-1-2-10-4/h1-2H,3H2,(H,9,10). The van der Waals surface area contributed by atoms with E-state index in [-0.39, 0.29) is 16.9 Å². The third-order valence-corrected chi connectivity index (χ3v) is 1.70. The van der Waals surface area contributed by atoms with Gasteiger partial charge in [-0.3, -0.25) is 0 Å². The SMILES string of the molecule is FCC(F)(F)Sc1ncc[nH]1. The first-order chi connectivity index (χ1) is 5.14. The van der Waals surface area contributed by atoms with E-state index < -0.39 is 11.9 Å². The quantitative estimate of drug-likeness (QED) is 0.725. The second-order valence-corrected chi connectivity index (χ2v) is 2.96. The molecule has 0 spiro atoms. The van der Waals surface area contributed by atoms with Gasteiger partial charge in [-0.15, -0.1) is 0 Å². The number of nitrogens with one attached hydrogen (secondary N) is 1. The second-order valence-electron chi connectivity index (χ2n) is 1.77. The van der Waals surface area contributed by atoms with Gasteiger partial charge in [0.05, 0.1) is 0 Å². The highest BCUT2D eigenvalue weighted by Crippen LogP contribution is 2.33. The summed E-state index contributed by atoms with van der Waals surface area (Å²) in [4.78, 5) is 5.94. The van der Waals surface area contributed by atoms with Gasteiger partial charge >= 0.3 is 5.25 Å². The minimum absolute atomic E-state index is 0.0210. The highest BCUT2D eigenvalue weighted by molar-refractivity contribution is 8.00. The number of imidazole rings is 1. The molecule has 0 saturated carbocycles. The number of aromatic amines is 1. The van der Waals surface area contributed by atoms with Gasteiger partial charge in [0.25, 0.3) is 0 Å². The van der Waals surface area contributed by atoms with Crippen LogP contribution < -0.4 is 0 Å². The number of rotatable bonds is 3. The van der Waals surface area contributed by atoms with Crippen LogP contribution >= 0.6 is 11.8 Å². The van der Waals surface area contributed by atoms with Crippen molar-refractivity contribution in [1.82, 2.24) is 9.97 Å². The van der Waals surface area contributed by atoms with Crippen LogP contribution in [0.15, 0.2) is 17.6 Å². The number of alkyl halides is 3. The Morgan fingerprint density at radius 1 is 1.64 bits per heavy atom. The molecule has 0 aliphatic carbocycles. The summed E-state index contributed by atoms with van der Waals surface area (Å²) in [6.45, 7) is -1.68. The van der Waals surface area contributed by atoms with Crippen LogP contribution in [-0.4, -0.2) is 21.9 Å². The van der Waals surface area contributed by atoms with Crippen molar-refractivity contribution in [2.45, 2.75) is 10.4 Å². The average Bonchev–Trinajstić information content (AvgIpc) is 2.39. The predicted octanol–water partition coefficient (Wildman–Crippen LogP) is 2.06. The lowest BCUT2D eigenvalue weighted by atomic mass is 10.8. The van der Waals surface area contributed by atoms with Crippen LogP contribution in [0.1, 0.15) is 0 Å². The van der Waals surface area contributed by atoms with E-state index in [2.05, 4.69) is 9.97 Å². The molecule has 6 heteroatoms. The number of halogens is 3. The first-order valence-electron chi connectivity index (χ1n) is 2.76. The van der Waals surface area contributed by atoms with Crippen molar-refractivity contribution < 1.29 is 13.2 Å². The lowest BCUT2D eigenvalue weighted by molar-refractivity contribution is 0.0738. The maximum atomic E-state index is 12.2. The number of nitrogens with zero attached hydrogens (tertiary/aromatic N) is 1. The molecule has 1 heterocycles. The summed E-state index contributed by atoms with van der Waals surface area (Å²) in [7, 11) is 0. The Morgan fingerprint density at radius 2 is 2.36 bits per heavy atom. The molecule has 0 aromatic carbocycles. The first-order valence-corrected chi connectivity index (χ1v) is 3.58. The monoisotopic (exact) mass is 182 g/mol. The van der Waals surface area contributed by atoms with E-state index in [0.717, 1.165) is 0 Å². The number of hydrogen-bond acceptors (Lipinski definition) is 2.